The third-order valence-electron chi connectivity index (χ3n) is 4.18. The van der Waals surface area contributed by atoms with Crippen molar-refractivity contribution in [1.82, 2.24) is 5.16 Å². The molecule has 3 aromatic rings. The van der Waals surface area contributed by atoms with Crippen LogP contribution >= 0.6 is 0 Å². The van der Waals surface area contributed by atoms with Crippen LogP contribution in [0.2, 0.25) is 0 Å². The summed E-state index contributed by atoms with van der Waals surface area (Å²) in [5.74, 6) is 0.791. The average Bonchev–Trinajstić information content (AvgIpc) is 3.04. The van der Waals surface area contributed by atoms with Crippen LogP contribution in [0.4, 0.5) is 17.1 Å². The van der Waals surface area contributed by atoms with Crippen LogP contribution in [-0.2, 0) is 0 Å². The molecule has 144 valence electrons. The van der Waals surface area contributed by atoms with Crippen molar-refractivity contribution in [3.8, 4) is 11.1 Å². The predicted molar refractivity (Wildman–Crippen MR) is 116 cm³/mol. The van der Waals surface area contributed by atoms with Crippen molar-refractivity contribution in [3.05, 3.63) is 60.0 Å². The summed E-state index contributed by atoms with van der Waals surface area (Å²) in [6, 6.07) is 16.3. The normalized spacial score (nSPS) is 11.4. The molecule has 2 aromatic carbocycles. The van der Waals surface area contributed by atoms with Crippen molar-refractivity contribution in [1.29, 1.82) is 0 Å². The number of para-hydroxylation sites is 1. The standard InChI is InChI=1S/C21H24N6O/c1-15-21(16(2)28-27-15)19-9-8-18(26-17-6-4-3-5-7-17)12-20(19)25-11-10-23-14-24-13-22/h3-9,12-14,25-26H,10-11H2,1-2H3,(H2,22,23,24). The van der Waals surface area contributed by atoms with E-state index in [0.717, 1.165) is 39.6 Å². The van der Waals surface area contributed by atoms with Gasteiger partial charge in [-0.3, -0.25) is 4.99 Å². The number of nitrogens with one attached hydrogen (secondary N) is 2. The van der Waals surface area contributed by atoms with E-state index in [0.29, 0.717) is 13.1 Å². The first-order valence-corrected chi connectivity index (χ1v) is 9.04. The van der Waals surface area contributed by atoms with E-state index in [-0.39, 0.29) is 0 Å². The number of nitrogens with two attached hydrogens (primary N) is 1. The zero-order valence-electron chi connectivity index (χ0n) is 16.0. The zero-order chi connectivity index (χ0) is 19.8. The van der Waals surface area contributed by atoms with Crippen LogP contribution in [-0.4, -0.2) is 30.9 Å². The first kappa shape index (κ1) is 19.2. The minimum absolute atomic E-state index is 0.578. The number of aromatic nitrogens is 1. The molecule has 0 spiro atoms. The lowest BCUT2D eigenvalue weighted by atomic mass is 10.0. The molecule has 0 saturated carbocycles. The molecule has 0 aliphatic rings. The number of aryl methyl sites for hydroxylation is 2. The quantitative estimate of drug-likeness (QED) is 0.312. The van der Waals surface area contributed by atoms with E-state index in [1.54, 1.807) is 0 Å². The summed E-state index contributed by atoms with van der Waals surface area (Å²) in [5.41, 5.74) is 11.1. The Kier molecular flexibility index (Phi) is 6.41. The van der Waals surface area contributed by atoms with Gasteiger partial charge in [0.15, 0.2) is 0 Å². The van der Waals surface area contributed by atoms with Gasteiger partial charge < -0.3 is 20.9 Å². The molecule has 0 bridgehead atoms. The van der Waals surface area contributed by atoms with Crippen molar-refractivity contribution in [3.63, 3.8) is 0 Å². The largest absolute Gasteiger partial charge is 0.390 e. The van der Waals surface area contributed by atoms with Gasteiger partial charge in [-0.25, -0.2) is 4.99 Å². The van der Waals surface area contributed by atoms with Gasteiger partial charge in [-0.2, -0.15) is 0 Å². The van der Waals surface area contributed by atoms with Crippen LogP contribution < -0.4 is 16.4 Å². The van der Waals surface area contributed by atoms with E-state index in [9.17, 15) is 0 Å². The molecule has 7 heteroatoms. The number of rotatable bonds is 8. The average molecular weight is 376 g/mol. The van der Waals surface area contributed by atoms with Crippen molar-refractivity contribution in [2.75, 3.05) is 23.7 Å². The van der Waals surface area contributed by atoms with Gasteiger partial charge in [0.05, 0.1) is 18.6 Å². The fourth-order valence-electron chi connectivity index (χ4n) is 2.94. The van der Waals surface area contributed by atoms with E-state index >= 15 is 0 Å². The second-order valence-electron chi connectivity index (χ2n) is 6.20. The number of benzene rings is 2. The van der Waals surface area contributed by atoms with E-state index < -0.39 is 0 Å². The maximum atomic E-state index is 5.36. The van der Waals surface area contributed by atoms with Gasteiger partial charge in [0, 0.05) is 34.7 Å². The topological polar surface area (TPSA) is 101 Å². The molecule has 0 aliphatic heterocycles. The maximum Gasteiger partial charge on any atom is 0.141 e. The fourth-order valence-corrected chi connectivity index (χ4v) is 2.94. The van der Waals surface area contributed by atoms with Crippen molar-refractivity contribution in [2.24, 2.45) is 15.7 Å². The first-order chi connectivity index (χ1) is 13.7. The van der Waals surface area contributed by atoms with Crippen LogP contribution in [0.3, 0.4) is 0 Å². The lowest BCUT2D eigenvalue weighted by molar-refractivity contribution is 0.393. The molecule has 0 radical (unpaired) electrons. The molecule has 4 N–H and O–H groups in total. The molecule has 28 heavy (non-hydrogen) atoms. The van der Waals surface area contributed by atoms with Crippen LogP contribution in [0.5, 0.6) is 0 Å². The fraction of sp³-hybridized carbons (Fsp3) is 0.190. The highest BCUT2D eigenvalue weighted by atomic mass is 16.5. The molecule has 7 nitrogen and oxygen atoms in total. The summed E-state index contributed by atoms with van der Waals surface area (Å²) < 4.78 is 5.36. The van der Waals surface area contributed by atoms with Gasteiger partial charge in [0.25, 0.3) is 0 Å². The Bertz CT molecular complexity index is 943. The minimum atomic E-state index is 0.578. The minimum Gasteiger partial charge on any atom is -0.390 e. The highest BCUT2D eigenvalue weighted by Crippen LogP contribution is 2.35. The Labute approximate surface area is 164 Å². The molecule has 0 saturated heterocycles. The molecule has 0 fully saturated rings. The second kappa shape index (κ2) is 9.36. The van der Waals surface area contributed by atoms with Gasteiger partial charge in [-0.1, -0.05) is 29.4 Å². The lowest BCUT2D eigenvalue weighted by Gasteiger charge is -2.15. The Hall–Kier alpha value is -3.61. The summed E-state index contributed by atoms with van der Waals surface area (Å²) in [6.07, 6.45) is 2.66. The molecule has 0 unspecified atom stereocenters. The molecule has 0 atom stereocenters. The lowest BCUT2D eigenvalue weighted by Crippen LogP contribution is -2.07. The Morgan fingerprint density at radius 3 is 2.64 bits per heavy atom. The van der Waals surface area contributed by atoms with Crippen LogP contribution in [0, 0.1) is 13.8 Å². The second-order valence-corrected chi connectivity index (χ2v) is 6.20. The summed E-state index contributed by atoms with van der Waals surface area (Å²) in [5, 5.41) is 11.0. The van der Waals surface area contributed by atoms with Gasteiger partial charge in [-0.15, -0.1) is 0 Å². The van der Waals surface area contributed by atoms with Gasteiger partial charge in [0.2, 0.25) is 0 Å². The van der Waals surface area contributed by atoms with Crippen molar-refractivity contribution >= 4 is 29.7 Å². The number of hydrogen-bond acceptors (Lipinski definition) is 5. The summed E-state index contributed by atoms with van der Waals surface area (Å²) in [4.78, 5) is 7.94. The zero-order valence-corrected chi connectivity index (χ0v) is 16.0. The summed E-state index contributed by atoms with van der Waals surface area (Å²) in [7, 11) is 0. The molecular weight excluding hydrogens is 352 g/mol. The van der Waals surface area contributed by atoms with Gasteiger partial charge in [0.1, 0.15) is 12.1 Å². The van der Waals surface area contributed by atoms with Crippen LogP contribution in [0.1, 0.15) is 11.5 Å². The first-order valence-electron chi connectivity index (χ1n) is 9.04. The van der Waals surface area contributed by atoms with E-state index in [1.165, 1.54) is 12.7 Å². The molecule has 3 rings (SSSR count). The number of aliphatic imine (C=N–C) groups is 2. The monoisotopic (exact) mass is 376 g/mol. The van der Waals surface area contributed by atoms with Gasteiger partial charge >= 0.3 is 0 Å². The Morgan fingerprint density at radius 2 is 1.93 bits per heavy atom. The molecular formula is C21H24N6O. The van der Waals surface area contributed by atoms with E-state index in [2.05, 4.69) is 37.9 Å². The number of nitrogens with zero attached hydrogens (tertiary/aromatic N) is 3. The van der Waals surface area contributed by atoms with Crippen molar-refractivity contribution < 1.29 is 4.52 Å². The third kappa shape index (κ3) is 4.76. The molecule has 0 amide bonds. The Morgan fingerprint density at radius 1 is 1.11 bits per heavy atom. The molecule has 0 aliphatic carbocycles. The highest BCUT2D eigenvalue weighted by molar-refractivity contribution is 5.83. The number of hydrogen-bond donors (Lipinski definition) is 3. The number of anilines is 3. The van der Waals surface area contributed by atoms with Crippen LogP contribution in [0.25, 0.3) is 11.1 Å². The Balaban J connectivity index is 1.86. The highest BCUT2D eigenvalue weighted by Gasteiger charge is 2.15. The smallest absolute Gasteiger partial charge is 0.141 e. The van der Waals surface area contributed by atoms with Crippen molar-refractivity contribution in [2.45, 2.75) is 13.8 Å². The third-order valence-corrected chi connectivity index (χ3v) is 4.18. The summed E-state index contributed by atoms with van der Waals surface area (Å²) >= 11 is 0. The van der Waals surface area contributed by atoms with Crippen LogP contribution in [0.15, 0.2) is 63.0 Å². The van der Waals surface area contributed by atoms with E-state index in [4.69, 9.17) is 10.3 Å². The maximum absolute atomic E-state index is 5.36. The summed E-state index contributed by atoms with van der Waals surface area (Å²) in [6.45, 7) is 5.10. The molecule has 1 aromatic heterocycles. The molecule has 1 heterocycles. The SMILES string of the molecule is Cc1noc(C)c1-c1ccc(Nc2ccccc2)cc1NCCN=CN=CN. The predicted octanol–water partition coefficient (Wildman–Crippen LogP) is 4.13. The van der Waals surface area contributed by atoms with Gasteiger partial charge in [-0.05, 0) is 38.1 Å². The van der Waals surface area contributed by atoms with E-state index in [1.807, 2.05) is 50.2 Å².